The van der Waals surface area contributed by atoms with Crippen LogP contribution in [-0.2, 0) is 5.92 Å². The van der Waals surface area contributed by atoms with Gasteiger partial charge in [-0.1, -0.05) is 15.9 Å². The Morgan fingerprint density at radius 1 is 1.33 bits per heavy atom. The van der Waals surface area contributed by atoms with Crippen molar-refractivity contribution >= 4 is 15.9 Å². The molecule has 0 radical (unpaired) electrons. The van der Waals surface area contributed by atoms with E-state index in [0.29, 0.717) is 0 Å². The first-order chi connectivity index (χ1) is 6.80. The number of benzene rings is 1. The summed E-state index contributed by atoms with van der Waals surface area (Å²) in [6.45, 7) is 4.47. The Bertz CT molecular complexity index is 345. The van der Waals surface area contributed by atoms with Gasteiger partial charge in [0.15, 0.2) is 0 Å². The first-order valence-corrected chi connectivity index (χ1v) is 5.44. The Kier molecular flexibility index (Phi) is 3.71. The predicted molar refractivity (Wildman–Crippen MR) is 59.5 cm³/mol. The van der Waals surface area contributed by atoms with Crippen molar-refractivity contribution in [1.29, 1.82) is 0 Å². The number of hydrogen-bond donors (Lipinski definition) is 0. The summed E-state index contributed by atoms with van der Waals surface area (Å²) in [7, 11) is 0. The average molecular weight is 279 g/mol. The van der Waals surface area contributed by atoms with Crippen LogP contribution in [-0.4, -0.2) is 6.10 Å². The van der Waals surface area contributed by atoms with E-state index in [9.17, 15) is 8.78 Å². The van der Waals surface area contributed by atoms with E-state index in [1.807, 2.05) is 0 Å². The van der Waals surface area contributed by atoms with E-state index in [4.69, 9.17) is 4.74 Å². The molecule has 0 atom stereocenters. The van der Waals surface area contributed by atoms with Gasteiger partial charge in [-0.25, -0.2) is 8.78 Å². The molecule has 0 aromatic heterocycles. The van der Waals surface area contributed by atoms with Crippen LogP contribution in [0.15, 0.2) is 22.7 Å². The van der Waals surface area contributed by atoms with Crippen molar-refractivity contribution in [3.05, 3.63) is 28.2 Å². The molecule has 4 heteroatoms. The minimum atomic E-state index is -2.88. The van der Waals surface area contributed by atoms with Gasteiger partial charge in [0.25, 0.3) is 5.92 Å². The fourth-order valence-corrected chi connectivity index (χ4v) is 1.55. The van der Waals surface area contributed by atoms with Crippen LogP contribution in [0.2, 0.25) is 0 Å². The van der Waals surface area contributed by atoms with Gasteiger partial charge in [0.1, 0.15) is 5.75 Å². The molecule has 0 aliphatic heterocycles. The molecule has 0 aliphatic carbocycles. The van der Waals surface area contributed by atoms with Gasteiger partial charge >= 0.3 is 0 Å². The number of halogens is 3. The van der Waals surface area contributed by atoms with Crippen LogP contribution in [0.3, 0.4) is 0 Å². The number of ether oxygens (including phenoxy) is 1. The smallest absolute Gasteiger partial charge is 0.274 e. The summed E-state index contributed by atoms with van der Waals surface area (Å²) in [5, 5.41) is 0. The van der Waals surface area contributed by atoms with Crippen LogP contribution >= 0.6 is 15.9 Å². The van der Waals surface area contributed by atoms with E-state index < -0.39 is 5.92 Å². The van der Waals surface area contributed by atoms with E-state index in [-0.39, 0.29) is 17.4 Å². The SMILES string of the molecule is CC(C)Oc1cc(Br)ccc1C(C)(F)F. The lowest BCUT2D eigenvalue weighted by molar-refractivity contribution is 0.0136. The summed E-state index contributed by atoms with van der Waals surface area (Å²) in [4.78, 5) is 0. The standard InChI is InChI=1S/C11H13BrF2O/c1-7(2)15-10-6-8(12)4-5-9(10)11(3,13)14/h4-7H,1-3H3. The van der Waals surface area contributed by atoms with Gasteiger partial charge in [-0.15, -0.1) is 0 Å². The van der Waals surface area contributed by atoms with Crippen molar-refractivity contribution in [1.82, 2.24) is 0 Å². The third-order valence-corrected chi connectivity index (χ3v) is 2.27. The number of hydrogen-bond acceptors (Lipinski definition) is 1. The normalized spacial score (nSPS) is 11.9. The van der Waals surface area contributed by atoms with Gasteiger partial charge in [-0.05, 0) is 32.0 Å². The highest BCUT2D eigenvalue weighted by Gasteiger charge is 2.28. The van der Waals surface area contributed by atoms with Gasteiger partial charge in [0.2, 0.25) is 0 Å². The lowest BCUT2D eigenvalue weighted by Crippen LogP contribution is -2.13. The highest BCUT2D eigenvalue weighted by atomic mass is 79.9. The monoisotopic (exact) mass is 278 g/mol. The van der Waals surface area contributed by atoms with Crippen LogP contribution in [0.25, 0.3) is 0 Å². The molecule has 1 rings (SSSR count). The maximum Gasteiger partial charge on any atom is 0.274 e. The second-order valence-corrected chi connectivity index (χ2v) is 4.61. The third kappa shape index (κ3) is 3.45. The second kappa shape index (κ2) is 4.47. The Balaban J connectivity index is 3.15. The Morgan fingerprint density at radius 3 is 2.40 bits per heavy atom. The van der Waals surface area contributed by atoms with Crippen LogP contribution in [0.4, 0.5) is 8.78 Å². The van der Waals surface area contributed by atoms with Gasteiger partial charge in [-0.2, -0.15) is 0 Å². The van der Waals surface area contributed by atoms with Crippen LogP contribution in [0.1, 0.15) is 26.3 Å². The number of alkyl halides is 2. The lowest BCUT2D eigenvalue weighted by atomic mass is 10.1. The molecule has 0 N–H and O–H groups in total. The highest BCUT2D eigenvalue weighted by molar-refractivity contribution is 9.10. The molecule has 0 saturated carbocycles. The van der Waals surface area contributed by atoms with Crippen molar-refractivity contribution in [2.45, 2.75) is 32.8 Å². The first kappa shape index (κ1) is 12.4. The Hall–Kier alpha value is -0.640. The van der Waals surface area contributed by atoms with Crippen molar-refractivity contribution in [3.8, 4) is 5.75 Å². The van der Waals surface area contributed by atoms with Gasteiger partial charge in [0.05, 0.1) is 11.7 Å². The molecule has 0 amide bonds. The molecule has 1 aromatic rings. The molecule has 0 spiro atoms. The fraction of sp³-hybridized carbons (Fsp3) is 0.455. The summed E-state index contributed by atoms with van der Waals surface area (Å²) in [6, 6.07) is 4.52. The maximum absolute atomic E-state index is 13.2. The molecule has 0 fully saturated rings. The van der Waals surface area contributed by atoms with Crippen molar-refractivity contribution in [2.24, 2.45) is 0 Å². The minimum absolute atomic E-state index is 0.0839. The van der Waals surface area contributed by atoms with Gasteiger partial charge < -0.3 is 4.74 Å². The van der Waals surface area contributed by atoms with Crippen molar-refractivity contribution in [2.75, 3.05) is 0 Å². The van der Waals surface area contributed by atoms with Gasteiger partial charge in [-0.3, -0.25) is 0 Å². The summed E-state index contributed by atoms with van der Waals surface area (Å²) in [5.41, 5.74) is -0.0839. The zero-order valence-electron chi connectivity index (χ0n) is 8.85. The molecule has 1 aromatic carbocycles. The molecular formula is C11H13BrF2O. The molecule has 1 nitrogen and oxygen atoms in total. The topological polar surface area (TPSA) is 9.23 Å². The average Bonchev–Trinajstić information content (AvgIpc) is 1.99. The third-order valence-electron chi connectivity index (χ3n) is 1.78. The van der Waals surface area contributed by atoms with E-state index in [1.165, 1.54) is 6.07 Å². The molecule has 0 heterocycles. The highest BCUT2D eigenvalue weighted by Crippen LogP contribution is 2.36. The molecule has 0 bridgehead atoms. The molecular weight excluding hydrogens is 266 g/mol. The summed E-state index contributed by atoms with van der Waals surface area (Å²) < 4.78 is 32.5. The minimum Gasteiger partial charge on any atom is -0.490 e. The van der Waals surface area contributed by atoms with Crippen molar-refractivity contribution < 1.29 is 13.5 Å². The summed E-state index contributed by atoms with van der Waals surface area (Å²) >= 11 is 3.23. The summed E-state index contributed by atoms with van der Waals surface area (Å²) in [6.07, 6.45) is -0.125. The molecule has 15 heavy (non-hydrogen) atoms. The first-order valence-electron chi connectivity index (χ1n) is 4.65. The maximum atomic E-state index is 13.2. The predicted octanol–water partition coefficient (Wildman–Crippen LogP) is 4.35. The molecule has 0 saturated heterocycles. The fourth-order valence-electron chi connectivity index (χ4n) is 1.21. The Labute approximate surface area is 96.6 Å². The van der Waals surface area contributed by atoms with Crippen LogP contribution < -0.4 is 4.74 Å². The van der Waals surface area contributed by atoms with Crippen molar-refractivity contribution in [3.63, 3.8) is 0 Å². The van der Waals surface area contributed by atoms with E-state index in [0.717, 1.165) is 11.4 Å². The zero-order valence-corrected chi connectivity index (χ0v) is 10.4. The van der Waals surface area contributed by atoms with Crippen LogP contribution in [0, 0.1) is 0 Å². The zero-order chi connectivity index (χ0) is 11.6. The molecule has 0 unspecified atom stereocenters. The second-order valence-electron chi connectivity index (χ2n) is 3.70. The lowest BCUT2D eigenvalue weighted by Gasteiger charge is -2.18. The Morgan fingerprint density at radius 2 is 1.93 bits per heavy atom. The number of rotatable bonds is 3. The van der Waals surface area contributed by atoms with Crippen LogP contribution in [0.5, 0.6) is 5.75 Å². The summed E-state index contributed by atoms with van der Waals surface area (Å²) in [5.74, 6) is -2.66. The van der Waals surface area contributed by atoms with Gasteiger partial charge in [0, 0.05) is 11.4 Å². The quantitative estimate of drug-likeness (QED) is 0.799. The molecule has 84 valence electrons. The van der Waals surface area contributed by atoms with E-state index >= 15 is 0 Å². The van der Waals surface area contributed by atoms with E-state index in [2.05, 4.69) is 15.9 Å². The van der Waals surface area contributed by atoms with E-state index in [1.54, 1.807) is 26.0 Å². The molecule has 0 aliphatic rings. The largest absolute Gasteiger partial charge is 0.490 e.